The van der Waals surface area contributed by atoms with Crippen LogP contribution in [-0.4, -0.2) is 15.9 Å². The third-order valence-electron chi connectivity index (χ3n) is 1.56. The standard InChI is InChI=1S/C7H8BrN3O/c1-5(9-4-12)6-3-7(8)10-11(6)2/h3,5H,1-2H3. The highest BCUT2D eigenvalue weighted by Crippen LogP contribution is 2.18. The number of rotatable bonds is 2. The lowest BCUT2D eigenvalue weighted by Gasteiger charge is -2.02. The highest BCUT2D eigenvalue weighted by atomic mass is 79.9. The molecule has 0 aliphatic rings. The molecule has 0 aromatic carbocycles. The van der Waals surface area contributed by atoms with Gasteiger partial charge >= 0.3 is 0 Å². The highest BCUT2D eigenvalue weighted by Gasteiger charge is 2.09. The molecule has 1 unspecified atom stereocenters. The molecule has 1 aromatic rings. The second-order valence-corrected chi connectivity index (χ2v) is 3.22. The van der Waals surface area contributed by atoms with E-state index >= 15 is 0 Å². The molecule has 5 heteroatoms. The average Bonchev–Trinajstić information content (AvgIpc) is 2.30. The second-order valence-electron chi connectivity index (χ2n) is 2.41. The lowest BCUT2D eigenvalue weighted by Crippen LogP contribution is -2.00. The van der Waals surface area contributed by atoms with Gasteiger partial charge in [0.15, 0.2) is 0 Å². The Kier molecular flexibility index (Phi) is 2.78. The SMILES string of the molecule is CC(N=C=O)c1cc(Br)nn1C. The maximum atomic E-state index is 9.97. The first-order valence-corrected chi connectivity index (χ1v) is 4.21. The van der Waals surface area contributed by atoms with Crippen molar-refractivity contribution in [2.24, 2.45) is 12.0 Å². The first-order valence-electron chi connectivity index (χ1n) is 3.41. The van der Waals surface area contributed by atoms with Gasteiger partial charge in [-0.05, 0) is 28.9 Å². The van der Waals surface area contributed by atoms with Gasteiger partial charge < -0.3 is 0 Å². The molecule has 12 heavy (non-hydrogen) atoms. The van der Waals surface area contributed by atoms with Crippen molar-refractivity contribution in [1.29, 1.82) is 0 Å². The fourth-order valence-corrected chi connectivity index (χ4v) is 1.45. The summed E-state index contributed by atoms with van der Waals surface area (Å²) in [5.41, 5.74) is 0.880. The molecular weight excluding hydrogens is 222 g/mol. The molecule has 0 bridgehead atoms. The summed E-state index contributed by atoms with van der Waals surface area (Å²) in [6, 6.07) is 1.64. The number of aliphatic imine (C=N–C) groups is 1. The number of aromatic nitrogens is 2. The summed E-state index contributed by atoms with van der Waals surface area (Å²) in [5.74, 6) is 0. The molecule has 64 valence electrons. The number of nitrogens with zero attached hydrogens (tertiary/aromatic N) is 3. The van der Waals surface area contributed by atoms with Gasteiger partial charge in [0.2, 0.25) is 6.08 Å². The van der Waals surface area contributed by atoms with Crippen molar-refractivity contribution in [2.45, 2.75) is 13.0 Å². The quantitative estimate of drug-likeness (QED) is 0.572. The zero-order valence-electron chi connectivity index (χ0n) is 6.78. The zero-order chi connectivity index (χ0) is 9.14. The van der Waals surface area contributed by atoms with E-state index in [0.717, 1.165) is 10.3 Å². The fourth-order valence-electron chi connectivity index (χ4n) is 0.982. The molecule has 0 saturated carbocycles. The highest BCUT2D eigenvalue weighted by molar-refractivity contribution is 9.10. The number of carbonyl (C=O) groups excluding carboxylic acids is 1. The van der Waals surface area contributed by atoms with Crippen LogP contribution in [-0.2, 0) is 11.8 Å². The molecule has 0 radical (unpaired) electrons. The molecule has 4 nitrogen and oxygen atoms in total. The van der Waals surface area contributed by atoms with Gasteiger partial charge in [-0.2, -0.15) is 10.1 Å². The molecule has 1 heterocycles. The van der Waals surface area contributed by atoms with E-state index < -0.39 is 0 Å². The predicted octanol–water partition coefficient (Wildman–Crippen LogP) is 1.58. The molecular formula is C7H8BrN3O. The summed E-state index contributed by atoms with van der Waals surface area (Å²) < 4.78 is 2.42. The van der Waals surface area contributed by atoms with Crippen LogP contribution in [0.25, 0.3) is 0 Å². The Morgan fingerprint density at radius 2 is 2.50 bits per heavy atom. The minimum atomic E-state index is -0.189. The van der Waals surface area contributed by atoms with E-state index in [-0.39, 0.29) is 6.04 Å². The Balaban J connectivity index is 3.01. The molecule has 0 saturated heterocycles. The summed E-state index contributed by atoms with van der Waals surface area (Å²) in [7, 11) is 1.80. The summed E-state index contributed by atoms with van der Waals surface area (Å²) in [6.07, 6.45) is 1.52. The van der Waals surface area contributed by atoms with Crippen molar-refractivity contribution < 1.29 is 4.79 Å². The summed E-state index contributed by atoms with van der Waals surface area (Å²) in [5, 5.41) is 4.06. The van der Waals surface area contributed by atoms with Crippen molar-refractivity contribution in [2.75, 3.05) is 0 Å². The zero-order valence-corrected chi connectivity index (χ0v) is 8.37. The van der Waals surface area contributed by atoms with Gasteiger partial charge in [0, 0.05) is 7.05 Å². The lowest BCUT2D eigenvalue weighted by atomic mass is 10.2. The Labute approximate surface area is 78.4 Å². The van der Waals surface area contributed by atoms with E-state index in [9.17, 15) is 4.79 Å². The smallest absolute Gasteiger partial charge is 0.235 e. The molecule has 0 aliphatic carbocycles. The van der Waals surface area contributed by atoms with E-state index in [1.165, 1.54) is 6.08 Å². The Hall–Kier alpha value is -0.930. The number of halogens is 1. The molecule has 0 spiro atoms. The molecule has 1 aromatic heterocycles. The van der Waals surface area contributed by atoms with Gasteiger partial charge in [0.1, 0.15) is 10.6 Å². The van der Waals surface area contributed by atoms with Crippen LogP contribution >= 0.6 is 15.9 Å². The number of hydrogen-bond acceptors (Lipinski definition) is 3. The van der Waals surface area contributed by atoms with Gasteiger partial charge in [-0.1, -0.05) is 0 Å². The van der Waals surface area contributed by atoms with Crippen molar-refractivity contribution >= 4 is 22.0 Å². The first kappa shape index (κ1) is 9.16. The minimum Gasteiger partial charge on any atom is -0.269 e. The molecule has 0 N–H and O–H groups in total. The number of aryl methyl sites for hydroxylation is 1. The third kappa shape index (κ3) is 1.81. The maximum absolute atomic E-state index is 9.97. The fraction of sp³-hybridized carbons (Fsp3) is 0.429. The van der Waals surface area contributed by atoms with Gasteiger partial charge in [-0.15, -0.1) is 0 Å². The normalized spacial score (nSPS) is 12.2. The Morgan fingerprint density at radius 1 is 1.83 bits per heavy atom. The minimum absolute atomic E-state index is 0.189. The largest absolute Gasteiger partial charge is 0.269 e. The molecule has 0 fully saturated rings. The second kappa shape index (κ2) is 3.65. The van der Waals surface area contributed by atoms with E-state index in [4.69, 9.17) is 0 Å². The maximum Gasteiger partial charge on any atom is 0.235 e. The van der Waals surface area contributed by atoms with Crippen LogP contribution < -0.4 is 0 Å². The number of hydrogen-bond donors (Lipinski definition) is 0. The topological polar surface area (TPSA) is 47.2 Å². The Morgan fingerprint density at radius 3 is 2.92 bits per heavy atom. The summed E-state index contributed by atoms with van der Waals surface area (Å²) >= 11 is 3.23. The monoisotopic (exact) mass is 229 g/mol. The van der Waals surface area contributed by atoms with E-state index in [1.807, 2.05) is 13.0 Å². The lowest BCUT2D eigenvalue weighted by molar-refractivity contribution is 0.556. The molecule has 1 atom stereocenters. The van der Waals surface area contributed by atoms with Crippen molar-refractivity contribution in [1.82, 2.24) is 9.78 Å². The van der Waals surface area contributed by atoms with Crippen LogP contribution in [0.5, 0.6) is 0 Å². The van der Waals surface area contributed by atoms with Crippen LogP contribution in [0, 0.1) is 0 Å². The van der Waals surface area contributed by atoms with Crippen LogP contribution in [0.2, 0.25) is 0 Å². The Bertz CT molecular complexity index is 327. The van der Waals surface area contributed by atoms with Gasteiger partial charge in [-0.3, -0.25) is 4.68 Å². The van der Waals surface area contributed by atoms with E-state index in [1.54, 1.807) is 11.7 Å². The molecule has 0 aliphatic heterocycles. The van der Waals surface area contributed by atoms with E-state index in [0.29, 0.717) is 0 Å². The number of isocyanates is 1. The van der Waals surface area contributed by atoms with Crippen LogP contribution in [0.3, 0.4) is 0 Å². The average molecular weight is 230 g/mol. The van der Waals surface area contributed by atoms with Gasteiger partial charge in [0.05, 0.1) is 5.69 Å². The van der Waals surface area contributed by atoms with Crippen molar-refractivity contribution in [3.05, 3.63) is 16.4 Å². The van der Waals surface area contributed by atoms with Crippen LogP contribution in [0.15, 0.2) is 15.7 Å². The summed E-state index contributed by atoms with van der Waals surface area (Å²) in [6.45, 7) is 1.81. The van der Waals surface area contributed by atoms with Crippen molar-refractivity contribution in [3.63, 3.8) is 0 Å². The predicted molar refractivity (Wildman–Crippen MR) is 47.4 cm³/mol. The van der Waals surface area contributed by atoms with E-state index in [2.05, 4.69) is 26.0 Å². The third-order valence-corrected chi connectivity index (χ3v) is 1.95. The van der Waals surface area contributed by atoms with Gasteiger partial charge in [0.25, 0.3) is 0 Å². The van der Waals surface area contributed by atoms with Crippen molar-refractivity contribution in [3.8, 4) is 0 Å². The molecule has 0 amide bonds. The molecule has 1 rings (SSSR count). The van der Waals surface area contributed by atoms with Crippen LogP contribution in [0.4, 0.5) is 0 Å². The van der Waals surface area contributed by atoms with Crippen LogP contribution in [0.1, 0.15) is 18.7 Å². The summed E-state index contributed by atoms with van der Waals surface area (Å²) in [4.78, 5) is 13.6. The first-order chi connectivity index (χ1) is 5.65. The van der Waals surface area contributed by atoms with Gasteiger partial charge in [-0.25, -0.2) is 4.79 Å².